The highest BCUT2D eigenvalue weighted by Crippen LogP contribution is 2.33. The molecule has 1 aromatic rings. The highest BCUT2D eigenvalue weighted by atomic mass is 79.9. The maximum Gasteiger partial charge on any atom is 0.135 e. The molecular formula is C7H5Br2NS. The summed E-state index contributed by atoms with van der Waals surface area (Å²) in [6.45, 7) is 2.02. The summed E-state index contributed by atoms with van der Waals surface area (Å²) in [6.07, 6.45) is 0. The molecule has 0 saturated carbocycles. The van der Waals surface area contributed by atoms with E-state index in [0.717, 1.165) is 9.35 Å². The topological polar surface area (TPSA) is 23.8 Å². The summed E-state index contributed by atoms with van der Waals surface area (Å²) >= 11 is 8.29. The molecule has 0 fully saturated rings. The summed E-state index contributed by atoms with van der Waals surface area (Å²) in [6, 6.07) is 4.10. The lowest BCUT2D eigenvalue weighted by atomic mass is 10.4. The minimum absolute atomic E-state index is 0.169. The van der Waals surface area contributed by atoms with Crippen LogP contribution in [0.2, 0.25) is 0 Å². The molecule has 1 atom stereocenters. The summed E-state index contributed by atoms with van der Waals surface area (Å²) in [5.74, 6) is 0. The lowest BCUT2D eigenvalue weighted by molar-refractivity contribution is 1.30. The standard InChI is InChI=1S/C7H5Br2NS/c1-4-5(8)2-7(11-4)6(9)3-10/h2,6H,1H3. The zero-order valence-electron chi connectivity index (χ0n) is 5.77. The molecule has 0 aliphatic rings. The van der Waals surface area contributed by atoms with E-state index < -0.39 is 0 Å². The van der Waals surface area contributed by atoms with Crippen LogP contribution < -0.4 is 0 Å². The lowest BCUT2D eigenvalue weighted by Gasteiger charge is -1.91. The molecular weight excluding hydrogens is 290 g/mol. The zero-order chi connectivity index (χ0) is 8.43. The van der Waals surface area contributed by atoms with E-state index in [1.807, 2.05) is 13.0 Å². The van der Waals surface area contributed by atoms with Crippen molar-refractivity contribution in [3.8, 4) is 6.07 Å². The zero-order valence-corrected chi connectivity index (χ0v) is 9.75. The molecule has 1 rings (SSSR count). The van der Waals surface area contributed by atoms with Crippen molar-refractivity contribution in [2.45, 2.75) is 11.8 Å². The second-order valence-electron chi connectivity index (χ2n) is 2.04. The van der Waals surface area contributed by atoms with Gasteiger partial charge in [-0.3, -0.25) is 0 Å². The van der Waals surface area contributed by atoms with Gasteiger partial charge in [0.05, 0.1) is 6.07 Å². The van der Waals surface area contributed by atoms with Gasteiger partial charge < -0.3 is 0 Å². The first kappa shape index (κ1) is 9.24. The fourth-order valence-electron chi connectivity index (χ4n) is 0.670. The van der Waals surface area contributed by atoms with Crippen LogP contribution in [0, 0.1) is 18.3 Å². The van der Waals surface area contributed by atoms with Gasteiger partial charge in [0, 0.05) is 14.2 Å². The quantitative estimate of drug-likeness (QED) is 0.723. The highest BCUT2D eigenvalue weighted by molar-refractivity contribution is 9.10. The molecule has 1 nitrogen and oxygen atoms in total. The number of aryl methyl sites for hydroxylation is 1. The number of nitriles is 1. The van der Waals surface area contributed by atoms with Crippen molar-refractivity contribution >= 4 is 43.2 Å². The Kier molecular flexibility index (Phi) is 3.11. The first-order chi connectivity index (χ1) is 5.15. The van der Waals surface area contributed by atoms with Gasteiger partial charge in [0.2, 0.25) is 0 Å². The van der Waals surface area contributed by atoms with Crippen molar-refractivity contribution < 1.29 is 0 Å². The van der Waals surface area contributed by atoms with Gasteiger partial charge in [-0.2, -0.15) is 5.26 Å². The number of hydrogen-bond acceptors (Lipinski definition) is 2. The van der Waals surface area contributed by atoms with E-state index in [9.17, 15) is 0 Å². The Morgan fingerprint density at radius 3 is 2.73 bits per heavy atom. The molecule has 1 unspecified atom stereocenters. The maximum atomic E-state index is 8.58. The molecule has 0 aliphatic heterocycles. The van der Waals surface area contributed by atoms with Crippen molar-refractivity contribution in [1.29, 1.82) is 5.26 Å². The van der Waals surface area contributed by atoms with Crippen LogP contribution >= 0.6 is 43.2 Å². The lowest BCUT2D eigenvalue weighted by Crippen LogP contribution is -1.76. The summed E-state index contributed by atoms with van der Waals surface area (Å²) in [5, 5.41) is 8.58. The van der Waals surface area contributed by atoms with E-state index in [1.165, 1.54) is 4.88 Å². The van der Waals surface area contributed by atoms with Gasteiger partial charge in [-0.25, -0.2) is 0 Å². The second-order valence-corrected chi connectivity index (χ2v) is 5.10. The second kappa shape index (κ2) is 3.70. The van der Waals surface area contributed by atoms with Gasteiger partial charge in [-0.05, 0) is 28.9 Å². The van der Waals surface area contributed by atoms with Gasteiger partial charge in [-0.15, -0.1) is 11.3 Å². The van der Waals surface area contributed by atoms with Crippen molar-refractivity contribution in [1.82, 2.24) is 0 Å². The fourth-order valence-corrected chi connectivity index (χ4v) is 2.57. The van der Waals surface area contributed by atoms with Crippen LogP contribution in [0.15, 0.2) is 10.5 Å². The molecule has 0 radical (unpaired) electrons. The Hall–Kier alpha value is 0.150. The van der Waals surface area contributed by atoms with Crippen molar-refractivity contribution in [3.63, 3.8) is 0 Å². The van der Waals surface area contributed by atoms with Gasteiger partial charge in [0.15, 0.2) is 0 Å². The fraction of sp³-hybridized carbons (Fsp3) is 0.286. The molecule has 11 heavy (non-hydrogen) atoms. The minimum Gasteiger partial charge on any atom is -0.197 e. The van der Waals surface area contributed by atoms with Crippen molar-refractivity contribution in [3.05, 3.63) is 20.3 Å². The van der Waals surface area contributed by atoms with E-state index in [-0.39, 0.29) is 4.83 Å². The van der Waals surface area contributed by atoms with Gasteiger partial charge in [0.1, 0.15) is 4.83 Å². The van der Waals surface area contributed by atoms with Crippen LogP contribution in [0.5, 0.6) is 0 Å². The van der Waals surface area contributed by atoms with Gasteiger partial charge in [-0.1, -0.05) is 15.9 Å². The summed E-state index contributed by atoms with van der Waals surface area (Å²) in [4.78, 5) is 2.09. The molecule has 0 bridgehead atoms. The van der Waals surface area contributed by atoms with Crippen LogP contribution in [0.3, 0.4) is 0 Å². The minimum atomic E-state index is -0.169. The first-order valence-electron chi connectivity index (χ1n) is 2.94. The number of nitrogens with zero attached hydrogens (tertiary/aromatic N) is 1. The van der Waals surface area contributed by atoms with E-state index in [4.69, 9.17) is 5.26 Å². The summed E-state index contributed by atoms with van der Waals surface area (Å²) < 4.78 is 1.08. The average Bonchev–Trinajstić information content (AvgIpc) is 2.31. The predicted molar refractivity (Wildman–Crippen MR) is 54.0 cm³/mol. The third kappa shape index (κ3) is 2.05. The molecule has 0 N–H and O–H groups in total. The molecule has 0 saturated heterocycles. The van der Waals surface area contributed by atoms with Gasteiger partial charge in [0.25, 0.3) is 0 Å². The van der Waals surface area contributed by atoms with E-state index in [0.29, 0.717) is 0 Å². The van der Waals surface area contributed by atoms with Crippen LogP contribution in [0.1, 0.15) is 14.6 Å². The molecule has 0 spiro atoms. The number of hydrogen-bond donors (Lipinski definition) is 0. The van der Waals surface area contributed by atoms with Crippen LogP contribution in [0.4, 0.5) is 0 Å². The third-order valence-electron chi connectivity index (χ3n) is 1.24. The normalized spacial score (nSPS) is 12.5. The number of thiophene rings is 1. The molecule has 1 heterocycles. The Morgan fingerprint density at radius 2 is 2.36 bits per heavy atom. The molecule has 58 valence electrons. The monoisotopic (exact) mass is 293 g/mol. The van der Waals surface area contributed by atoms with E-state index in [2.05, 4.69) is 37.9 Å². The Morgan fingerprint density at radius 1 is 1.73 bits per heavy atom. The molecule has 4 heteroatoms. The summed E-state index contributed by atoms with van der Waals surface area (Å²) in [7, 11) is 0. The van der Waals surface area contributed by atoms with E-state index >= 15 is 0 Å². The maximum absolute atomic E-state index is 8.58. The number of halogens is 2. The van der Waals surface area contributed by atoms with Crippen LogP contribution in [0.25, 0.3) is 0 Å². The highest BCUT2D eigenvalue weighted by Gasteiger charge is 2.10. The van der Waals surface area contributed by atoms with Crippen molar-refractivity contribution in [2.24, 2.45) is 0 Å². The SMILES string of the molecule is Cc1sc(C(Br)C#N)cc1Br. The molecule has 0 amide bonds. The molecule has 0 aliphatic carbocycles. The Balaban J connectivity index is 2.99. The average molecular weight is 295 g/mol. The Bertz CT molecular complexity index is 280. The smallest absolute Gasteiger partial charge is 0.135 e. The first-order valence-corrected chi connectivity index (χ1v) is 5.47. The summed E-state index contributed by atoms with van der Waals surface area (Å²) in [5.41, 5.74) is 0. The van der Waals surface area contributed by atoms with Crippen molar-refractivity contribution in [2.75, 3.05) is 0 Å². The molecule has 0 aromatic carbocycles. The number of alkyl halides is 1. The third-order valence-corrected chi connectivity index (χ3v) is 4.44. The van der Waals surface area contributed by atoms with Crippen LogP contribution in [-0.4, -0.2) is 0 Å². The van der Waals surface area contributed by atoms with E-state index in [1.54, 1.807) is 11.3 Å². The largest absolute Gasteiger partial charge is 0.197 e. The number of rotatable bonds is 1. The van der Waals surface area contributed by atoms with Crippen LogP contribution in [-0.2, 0) is 0 Å². The molecule has 1 aromatic heterocycles. The Labute approximate surface area is 86.3 Å². The van der Waals surface area contributed by atoms with Gasteiger partial charge >= 0.3 is 0 Å². The predicted octanol–water partition coefficient (Wildman–Crippen LogP) is 3.78.